The van der Waals surface area contributed by atoms with Gasteiger partial charge in [0.2, 0.25) is 0 Å². The first kappa shape index (κ1) is 18.4. The maximum Gasteiger partial charge on any atom is 0.0407 e. The summed E-state index contributed by atoms with van der Waals surface area (Å²) in [4.78, 5) is 4.43. The number of pyridine rings is 1. The van der Waals surface area contributed by atoms with Crippen molar-refractivity contribution in [1.82, 2.24) is 4.98 Å². The molecular weight excluding hydrogens is 314 g/mol. The molecule has 0 aliphatic rings. The van der Waals surface area contributed by atoms with E-state index in [9.17, 15) is 0 Å². The molecule has 134 valence electrons. The van der Waals surface area contributed by atoms with E-state index in [1.807, 2.05) is 6.20 Å². The highest BCUT2D eigenvalue weighted by Gasteiger charge is 2.11. The van der Waals surface area contributed by atoms with Gasteiger partial charge in [0.1, 0.15) is 0 Å². The molecule has 1 heteroatoms. The van der Waals surface area contributed by atoms with Gasteiger partial charge in [0.05, 0.1) is 0 Å². The summed E-state index contributed by atoms with van der Waals surface area (Å²) in [6, 6.07) is 13.7. The molecule has 1 heterocycles. The summed E-state index contributed by atoms with van der Waals surface area (Å²) in [6.07, 6.45) is 4.10. The van der Waals surface area contributed by atoms with Gasteiger partial charge in [0, 0.05) is 11.9 Å². The quantitative estimate of drug-likeness (QED) is 0.509. The molecule has 0 aliphatic carbocycles. The molecule has 0 saturated carbocycles. The van der Waals surface area contributed by atoms with Crippen molar-refractivity contribution in [3.8, 4) is 22.3 Å². The third-order valence-electron chi connectivity index (χ3n) is 5.62. The molecule has 1 nitrogen and oxygen atoms in total. The predicted octanol–water partition coefficient (Wildman–Crippen LogP) is 6.77. The number of rotatable bonds is 4. The van der Waals surface area contributed by atoms with E-state index in [-0.39, 0.29) is 0 Å². The Morgan fingerprint density at radius 1 is 0.731 bits per heavy atom. The van der Waals surface area contributed by atoms with Crippen LogP contribution >= 0.6 is 0 Å². The maximum absolute atomic E-state index is 4.43. The topological polar surface area (TPSA) is 12.9 Å². The lowest BCUT2D eigenvalue weighted by Crippen LogP contribution is -1.97. The van der Waals surface area contributed by atoms with Crippen molar-refractivity contribution in [2.75, 3.05) is 0 Å². The average Bonchev–Trinajstić information content (AvgIpc) is 2.64. The highest BCUT2D eigenvalue weighted by Crippen LogP contribution is 2.33. The number of nitrogens with zero attached hydrogens (tertiary/aromatic N) is 1. The van der Waals surface area contributed by atoms with E-state index in [1.165, 1.54) is 50.1 Å². The second-order valence-corrected chi connectivity index (χ2v) is 7.24. The smallest absolute Gasteiger partial charge is 0.0407 e. The molecule has 0 saturated heterocycles. The zero-order valence-corrected chi connectivity index (χ0v) is 16.9. The Balaban J connectivity index is 2.17. The van der Waals surface area contributed by atoms with E-state index < -0.39 is 0 Å². The van der Waals surface area contributed by atoms with Crippen molar-refractivity contribution in [1.29, 1.82) is 0 Å². The van der Waals surface area contributed by atoms with E-state index >= 15 is 0 Å². The van der Waals surface area contributed by atoms with Crippen LogP contribution in [0.15, 0.2) is 42.6 Å². The van der Waals surface area contributed by atoms with Crippen LogP contribution in [0.25, 0.3) is 22.3 Å². The molecule has 3 aromatic rings. The molecule has 26 heavy (non-hydrogen) atoms. The molecule has 0 amide bonds. The molecule has 3 rings (SSSR count). The van der Waals surface area contributed by atoms with Crippen molar-refractivity contribution in [2.24, 2.45) is 0 Å². The van der Waals surface area contributed by atoms with Gasteiger partial charge in [-0.25, -0.2) is 0 Å². The van der Waals surface area contributed by atoms with Gasteiger partial charge in [-0.3, -0.25) is 4.98 Å². The molecule has 1 aromatic heterocycles. The summed E-state index contributed by atoms with van der Waals surface area (Å²) in [6.45, 7) is 13.2. The molecule has 0 aliphatic heterocycles. The number of benzene rings is 2. The summed E-state index contributed by atoms with van der Waals surface area (Å²) in [5.41, 5.74) is 13.3. The Kier molecular flexibility index (Phi) is 5.27. The van der Waals surface area contributed by atoms with Crippen molar-refractivity contribution in [3.63, 3.8) is 0 Å². The first-order valence-corrected chi connectivity index (χ1v) is 9.62. The standard InChI is InChI=1S/C25H29N/c1-7-20-14-22(13-17(4)23(20)8-2)21-10-9-16(3)25(15-21)24-11-12-26-19(6)18(24)5/h9-15H,7-8H2,1-6H3. The van der Waals surface area contributed by atoms with Crippen molar-refractivity contribution >= 4 is 0 Å². The fraction of sp³-hybridized carbons (Fsp3) is 0.320. The van der Waals surface area contributed by atoms with Crippen LogP contribution in [-0.4, -0.2) is 4.98 Å². The normalized spacial score (nSPS) is 11.0. The Labute approximate surface area is 158 Å². The molecule has 0 unspecified atom stereocenters. The van der Waals surface area contributed by atoms with Crippen molar-refractivity contribution in [2.45, 2.75) is 54.4 Å². The van der Waals surface area contributed by atoms with Gasteiger partial charge in [-0.1, -0.05) is 38.1 Å². The minimum atomic E-state index is 1.08. The second kappa shape index (κ2) is 7.45. The van der Waals surface area contributed by atoms with Crippen LogP contribution in [0.1, 0.15) is 47.4 Å². The summed E-state index contributed by atoms with van der Waals surface area (Å²) in [7, 11) is 0. The maximum atomic E-state index is 4.43. The first-order chi connectivity index (χ1) is 12.5. The summed E-state index contributed by atoms with van der Waals surface area (Å²) >= 11 is 0. The molecular formula is C25H29N. The molecule has 0 atom stereocenters. The van der Waals surface area contributed by atoms with Crippen LogP contribution in [0, 0.1) is 27.7 Å². The highest BCUT2D eigenvalue weighted by molar-refractivity contribution is 5.78. The van der Waals surface area contributed by atoms with E-state index in [0.29, 0.717) is 0 Å². The summed E-state index contributed by atoms with van der Waals surface area (Å²) < 4.78 is 0. The minimum Gasteiger partial charge on any atom is -0.261 e. The van der Waals surface area contributed by atoms with Gasteiger partial charge >= 0.3 is 0 Å². The van der Waals surface area contributed by atoms with Crippen LogP contribution in [0.2, 0.25) is 0 Å². The van der Waals surface area contributed by atoms with Crippen molar-refractivity contribution < 1.29 is 0 Å². The fourth-order valence-corrected chi connectivity index (χ4v) is 3.90. The summed E-state index contributed by atoms with van der Waals surface area (Å²) in [5, 5.41) is 0. The van der Waals surface area contributed by atoms with Gasteiger partial charge in [0.25, 0.3) is 0 Å². The van der Waals surface area contributed by atoms with Gasteiger partial charge in [-0.2, -0.15) is 0 Å². The number of aryl methyl sites for hydroxylation is 4. The van der Waals surface area contributed by atoms with E-state index in [1.54, 1.807) is 0 Å². The second-order valence-electron chi connectivity index (χ2n) is 7.24. The number of hydrogen-bond donors (Lipinski definition) is 0. The zero-order valence-electron chi connectivity index (χ0n) is 16.9. The van der Waals surface area contributed by atoms with Gasteiger partial charge < -0.3 is 0 Å². The van der Waals surface area contributed by atoms with Crippen LogP contribution in [-0.2, 0) is 12.8 Å². The lowest BCUT2D eigenvalue weighted by atomic mass is 9.89. The zero-order chi connectivity index (χ0) is 18.8. The van der Waals surface area contributed by atoms with E-state index in [4.69, 9.17) is 0 Å². The fourth-order valence-electron chi connectivity index (χ4n) is 3.90. The average molecular weight is 344 g/mol. The van der Waals surface area contributed by atoms with Gasteiger partial charge in [-0.05, 0) is 103 Å². The molecule has 0 N–H and O–H groups in total. The van der Waals surface area contributed by atoms with Gasteiger partial charge in [-0.15, -0.1) is 0 Å². The Hall–Kier alpha value is -2.41. The van der Waals surface area contributed by atoms with E-state index in [2.05, 4.69) is 82.9 Å². The van der Waals surface area contributed by atoms with Gasteiger partial charge in [0.15, 0.2) is 0 Å². The molecule has 0 radical (unpaired) electrons. The third kappa shape index (κ3) is 3.31. The molecule has 2 aromatic carbocycles. The number of hydrogen-bond acceptors (Lipinski definition) is 1. The third-order valence-corrected chi connectivity index (χ3v) is 5.62. The van der Waals surface area contributed by atoms with Crippen LogP contribution in [0.5, 0.6) is 0 Å². The summed E-state index contributed by atoms with van der Waals surface area (Å²) in [5.74, 6) is 0. The SMILES string of the molecule is CCc1cc(-c2ccc(C)c(-c3ccnc(C)c3C)c2)cc(C)c1CC. The molecule has 0 spiro atoms. The predicted molar refractivity (Wildman–Crippen MR) is 113 cm³/mol. The molecule has 0 fully saturated rings. The largest absolute Gasteiger partial charge is 0.261 e. The Morgan fingerprint density at radius 2 is 1.50 bits per heavy atom. The Bertz CT molecular complexity index is 951. The Morgan fingerprint density at radius 3 is 2.19 bits per heavy atom. The monoisotopic (exact) mass is 343 g/mol. The van der Waals surface area contributed by atoms with Crippen LogP contribution in [0.4, 0.5) is 0 Å². The first-order valence-electron chi connectivity index (χ1n) is 9.62. The van der Waals surface area contributed by atoms with Crippen LogP contribution < -0.4 is 0 Å². The van der Waals surface area contributed by atoms with E-state index in [0.717, 1.165) is 18.5 Å². The lowest BCUT2D eigenvalue weighted by molar-refractivity contribution is 1.02. The lowest BCUT2D eigenvalue weighted by Gasteiger charge is -2.16. The van der Waals surface area contributed by atoms with Crippen LogP contribution in [0.3, 0.4) is 0 Å². The molecule has 0 bridgehead atoms. The minimum absolute atomic E-state index is 1.08. The highest BCUT2D eigenvalue weighted by atomic mass is 14.7. The number of aromatic nitrogens is 1. The van der Waals surface area contributed by atoms with Crippen molar-refractivity contribution in [3.05, 3.63) is 76.1 Å².